The zero-order valence-corrected chi connectivity index (χ0v) is 12.3. The van der Waals surface area contributed by atoms with E-state index in [4.69, 9.17) is 9.47 Å². The fourth-order valence-corrected chi connectivity index (χ4v) is 2.19. The summed E-state index contributed by atoms with van der Waals surface area (Å²) >= 11 is 1.88. The quantitative estimate of drug-likeness (QED) is 0.698. The van der Waals surface area contributed by atoms with Gasteiger partial charge in [-0.25, -0.2) is 0 Å². The van der Waals surface area contributed by atoms with Crippen LogP contribution in [0.4, 0.5) is 0 Å². The van der Waals surface area contributed by atoms with E-state index in [1.807, 2.05) is 36.0 Å². The second-order valence-corrected chi connectivity index (χ2v) is 5.12. The number of methoxy groups -OCH3 is 1. The number of thioether (sulfide) groups is 1. The Morgan fingerprint density at radius 3 is 2.67 bits per heavy atom. The topological polar surface area (TPSA) is 30.5 Å². The molecule has 1 N–H and O–H groups in total. The monoisotopic (exact) mass is 269 g/mol. The fourth-order valence-electron chi connectivity index (χ4n) is 1.60. The Morgan fingerprint density at radius 1 is 1.28 bits per heavy atom. The van der Waals surface area contributed by atoms with Crippen molar-refractivity contribution in [2.75, 3.05) is 32.3 Å². The third-order valence-corrected chi connectivity index (χ3v) is 3.32. The van der Waals surface area contributed by atoms with Crippen LogP contribution in [0.3, 0.4) is 0 Å². The standard InChI is InChI=1S/C14H23NO2S/c1-12(8-11-18-3)15-9-10-17-14-7-5-4-6-13(14)16-2/h4-7,12,15H,8-11H2,1-3H3. The highest BCUT2D eigenvalue weighted by Crippen LogP contribution is 2.25. The van der Waals surface area contributed by atoms with Crippen LogP contribution in [0, 0.1) is 0 Å². The number of nitrogens with one attached hydrogen (secondary N) is 1. The number of ether oxygens (including phenoxy) is 2. The summed E-state index contributed by atoms with van der Waals surface area (Å²) < 4.78 is 10.9. The predicted octanol–water partition coefficient (Wildman–Crippen LogP) is 2.81. The Balaban J connectivity index is 2.21. The van der Waals surface area contributed by atoms with E-state index in [2.05, 4.69) is 18.5 Å². The van der Waals surface area contributed by atoms with E-state index in [0.717, 1.165) is 18.0 Å². The molecule has 0 aliphatic heterocycles. The summed E-state index contributed by atoms with van der Waals surface area (Å²) in [7, 11) is 1.66. The molecule has 1 aromatic rings. The summed E-state index contributed by atoms with van der Waals surface area (Å²) in [5.41, 5.74) is 0. The van der Waals surface area contributed by atoms with Crippen LogP contribution < -0.4 is 14.8 Å². The van der Waals surface area contributed by atoms with Crippen molar-refractivity contribution in [2.24, 2.45) is 0 Å². The van der Waals surface area contributed by atoms with E-state index >= 15 is 0 Å². The van der Waals surface area contributed by atoms with Gasteiger partial charge in [0.1, 0.15) is 6.61 Å². The molecule has 0 spiro atoms. The van der Waals surface area contributed by atoms with Crippen molar-refractivity contribution in [1.82, 2.24) is 5.32 Å². The van der Waals surface area contributed by atoms with Crippen LogP contribution in [-0.4, -0.2) is 38.3 Å². The maximum Gasteiger partial charge on any atom is 0.161 e. The number of rotatable bonds is 9. The predicted molar refractivity (Wildman–Crippen MR) is 79.0 cm³/mol. The molecule has 3 nitrogen and oxygen atoms in total. The maximum absolute atomic E-state index is 5.69. The molecule has 0 heterocycles. The van der Waals surface area contributed by atoms with Gasteiger partial charge in [-0.05, 0) is 37.5 Å². The zero-order valence-electron chi connectivity index (χ0n) is 11.4. The van der Waals surface area contributed by atoms with Crippen LogP contribution in [0.25, 0.3) is 0 Å². The third kappa shape index (κ3) is 5.65. The number of hydrogen-bond donors (Lipinski definition) is 1. The van der Waals surface area contributed by atoms with Crippen LogP contribution in [0.1, 0.15) is 13.3 Å². The molecule has 0 saturated heterocycles. The minimum absolute atomic E-state index is 0.540. The van der Waals surface area contributed by atoms with Gasteiger partial charge in [-0.15, -0.1) is 0 Å². The molecule has 0 amide bonds. The van der Waals surface area contributed by atoms with Crippen molar-refractivity contribution in [1.29, 1.82) is 0 Å². The van der Waals surface area contributed by atoms with Crippen molar-refractivity contribution in [3.05, 3.63) is 24.3 Å². The summed E-state index contributed by atoms with van der Waals surface area (Å²) in [5.74, 6) is 2.79. The van der Waals surface area contributed by atoms with Gasteiger partial charge in [0.2, 0.25) is 0 Å². The molecule has 0 aliphatic carbocycles. The van der Waals surface area contributed by atoms with Gasteiger partial charge in [0.25, 0.3) is 0 Å². The van der Waals surface area contributed by atoms with E-state index in [0.29, 0.717) is 12.6 Å². The molecule has 1 unspecified atom stereocenters. The highest BCUT2D eigenvalue weighted by molar-refractivity contribution is 7.98. The molecule has 1 aromatic carbocycles. The lowest BCUT2D eigenvalue weighted by atomic mass is 10.2. The van der Waals surface area contributed by atoms with Gasteiger partial charge < -0.3 is 14.8 Å². The molecule has 0 radical (unpaired) electrons. The Hall–Kier alpha value is -0.870. The molecule has 0 aromatic heterocycles. The Kier molecular flexibility index (Phi) is 7.69. The minimum Gasteiger partial charge on any atom is -0.493 e. The summed E-state index contributed by atoms with van der Waals surface area (Å²) in [4.78, 5) is 0. The van der Waals surface area contributed by atoms with E-state index in [-0.39, 0.29) is 0 Å². The molecule has 1 atom stereocenters. The van der Waals surface area contributed by atoms with Crippen molar-refractivity contribution in [3.63, 3.8) is 0 Å². The van der Waals surface area contributed by atoms with E-state index < -0.39 is 0 Å². The molecular formula is C14H23NO2S. The molecular weight excluding hydrogens is 246 g/mol. The van der Waals surface area contributed by atoms with Gasteiger partial charge >= 0.3 is 0 Å². The van der Waals surface area contributed by atoms with Crippen LogP contribution in [-0.2, 0) is 0 Å². The van der Waals surface area contributed by atoms with Gasteiger partial charge in [0.15, 0.2) is 11.5 Å². The van der Waals surface area contributed by atoms with E-state index in [1.165, 1.54) is 12.2 Å². The molecule has 0 fully saturated rings. The zero-order chi connectivity index (χ0) is 13.2. The molecule has 1 rings (SSSR count). The highest BCUT2D eigenvalue weighted by atomic mass is 32.2. The first kappa shape index (κ1) is 15.2. The lowest BCUT2D eigenvalue weighted by Gasteiger charge is -2.14. The lowest BCUT2D eigenvalue weighted by molar-refractivity contribution is 0.287. The van der Waals surface area contributed by atoms with Crippen molar-refractivity contribution < 1.29 is 9.47 Å². The van der Waals surface area contributed by atoms with Crippen LogP contribution in [0.5, 0.6) is 11.5 Å². The first-order valence-electron chi connectivity index (χ1n) is 6.26. The Labute approximate surface area is 114 Å². The lowest BCUT2D eigenvalue weighted by Crippen LogP contribution is -2.30. The fraction of sp³-hybridized carbons (Fsp3) is 0.571. The number of hydrogen-bond acceptors (Lipinski definition) is 4. The third-order valence-electron chi connectivity index (χ3n) is 2.68. The molecule has 0 aliphatic rings. The second kappa shape index (κ2) is 9.11. The van der Waals surface area contributed by atoms with Crippen LogP contribution in [0.2, 0.25) is 0 Å². The smallest absolute Gasteiger partial charge is 0.161 e. The average Bonchev–Trinajstić information content (AvgIpc) is 2.41. The second-order valence-electron chi connectivity index (χ2n) is 4.14. The summed E-state index contributed by atoms with van der Waals surface area (Å²) in [6.45, 7) is 3.72. The summed E-state index contributed by atoms with van der Waals surface area (Å²) in [5, 5.41) is 3.45. The van der Waals surface area contributed by atoms with Gasteiger partial charge in [0.05, 0.1) is 7.11 Å². The Bertz CT molecular complexity index is 333. The van der Waals surface area contributed by atoms with Crippen molar-refractivity contribution in [2.45, 2.75) is 19.4 Å². The first-order valence-corrected chi connectivity index (χ1v) is 7.65. The van der Waals surface area contributed by atoms with Gasteiger partial charge in [0, 0.05) is 12.6 Å². The van der Waals surface area contributed by atoms with Crippen molar-refractivity contribution >= 4 is 11.8 Å². The first-order chi connectivity index (χ1) is 8.77. The van der Waals surface area contributed by atoms with Gasteiger partial charge in [-0.3, -0.25) is 0 Å². The molecule has 18 heavy (non-hydrogen) atoms. The minimum atomic E-state index is 0.540. The number of para-hydroxylation sites is 2. The Morgan fingerprint density at radius 2 is 2.00 bits per heavy atom. The van der Waals surface area contributed by atoms with Crippen LogP contribution >= 0.6 is 11.8 Å². The van der Waals surface area contributed by atoms with Crippen molar-refractivity contribution in [3.8, 4) is 11.5 Å². The van der Waals surface area contributed by atoms with Gasteiger partial charge in [-0.2, -0.15) is 11.8 Å². The molecule has 0 saturated carbocycles. The molecule has 0 bridgehead atoms. The largest absolute Gasteiger partial charge is 0.493 e. The van der Waals surface area contributed by atoms with Crippen LogP contribution in [0.15, 0.2) is 24.3 Å². The van der Waals surface area contributed by atoms with Gasteiger partial charge in [-0.1, -0.05) is 12.1 Å². The average molecular weight is 269 g/mol. The maximum atomic E-state index is 5.69. The SMILES string of the molecule is COc1ccccc1OCCNC(C)CCSC. The summed E-state index contributed by atoms with van der Waals surface area (Å²) in [6.07, 6.45) is 3.33. The highest BCUT2D eigenvalue weighted by Gasteiger charge is 2.03. The summed E-state index contributed by atoms with van der Waals surface area (Å²) in [6, 6.07) is 8.26. The normalized spacial score (nSPS) is 12.2. The molecule has 102 valence electrons. The molecule has 4 heteroatoms. The van der Waals surface area contributed by atoms with E-state index in [1.54, 1.807) is 7.11 Å². The number of benzene rings is 1. The van der Waals surface area contributed by atoms with E-state index in [9.17, 15) is 0 Å².